The van der Waals surface area contributed by atoms with Crippen molar-refractivity contribution in [2.75, 3.05) is 18.0 Å². The third kappa shape index (κ3) is 2.31. The predicted molar refractivity (Wildman–Crippen MR) is 70.2 cm³/mol. The summed E-state index contributed by atoms with van der Waals surface area (Å²) in [6.45, 7) is 2.30. The molecule has 2 rings (SSSR count). The smallest absolute Gasteiger partial charge is 0.311 e. The highest BCUT2D eigenvalue weighted by atomic mass is 19.1. The zero-order chi connectivity index (χ0) is 14.9. The number of hydrogen-bond donors (Lipinski definition) is 1. The number of nitrogens with zero attached hydrogens (tertiary/aromatic N) is 2. The van der Waals surface area contributed by atoms with E-state index in [9.17, 15) is 24.4 Å². The van der Waals surface area contributed by atoms with Crippen LogP contribution in [-0.4, -0.2) is 29.1 Å². The lowest BCUT2D eigenvalue weighted by atomic mass is 9.84. The molecular formula is C13H15FN2O4. The van der Waals surface area contributed by atoms with Gasteiger partial charge in [-0.25, -0.2) is 4.39 Å². The minimum absolute atomic E-state index is 0.145. The van der Waals surface area contributed by atoms with Crippen molar-refractivity contribution in [3.63, 3.8) is 0 Å². The molecule has 1 atom stereocenters. The fourth-order valence-electron chi connectivity index (χ4n) is 2.60. The van der Waals surface area contributed by atoms with Crippen LogP contribution in [0, 0.1) is 21.3 Å². The summed E-state index contributed by atoms with van der Waals surface area (Å²) < 4.78 is 13.3. The van der Waals surface area contributed by atoms with Gasteiger partial charge < -0.3 is 10.0 Å². The Morgan fingerprint density at radius 3 is 2.80 bits per heavy atom. The summed E-state index contributed by atoms with van der Waals surface area (Å²) in [5.41, 5.74) is -0.976. The van der Waals surface area contributed by atoms with Gasteiger partial charge in [0.2, 0.25) is 0 Å². The van der Waals surface area contributed by atoms with E-state index in [4.69, 9.17) is 0 Å². The van der Waals surface area contributed by atoms with Gasteiger partial charge >= 0.3 is 5.97 Å². The van der Waals surface area contributed by atoms with Gasteiger partial charge in [0.1, 0.15) is 11.5 Å². The van der Waals surface area contributed by atoms with E-state index in [0.717, 1.165) is 18.2 Å². The summed E-state index contributed by atoms with van der Waals surface area (Å²) in [6.07, 6.45) is 0.828. The first kappa shape index (κ1) is 14.2. The number of halogens is 1. The molecule has 0 amide bonds. The van der Waals surface area contributed by atoms with Gasteiger partial charge in [-0.3, -0.25) is 14.9 Å². The third-order valence-electron chi connectivity index (χ3n) is 3.96. The molecule has 0 radical (unpaired) electrons. The monoisotopic (exact) mass is 282 g/mol. The molecule has 1 unspecified atom stereocenters. The molecule has 1 aliphatic heterocycles. The lowest BCUT2D eigenvalue weighted by molar-refractivity contribution is -0.384. The van der Waals surface area contributed by atoms with Crippen LogP contribution in [0.25, 0.3) is 0 Å². The van der Waals surface area contributed by atoms with Crippen LogP contribution in [0.3, 0.4) is 0 Å². The molecule has 1 N–H and O–H groups in total. The minimum atomic E-state index is -0.916. The number of nitro groups is 1. The van der Waals surface area contributed by atoms with E-state index in [0.29, 0.717) is 19.4 Å². The Labute approximate surface area is 115 Å². The van der Waals surface area contributed by atoms with E-state index in [1.54, 1.807) is 11.8 Å². The normalized spacial score (nSPS) is 22.0. The number of aliphatic carboxylic acids is 1. The summed E-state index contributed by atoms with van der Waals surface area (Å²) >= 11 is 0. The Hall–Kier alpha value is -2.18. The minimum Gasteiger partial charge on any atom is -0.481 e. The van der Waals surface area contributed by atoms with Crippen LogP contribution in [0.1, 0.15) is 19.8 Å². The van der Waals surface area contributed by atoms with Gasteiger partial charge in [-0.15, -0.1) is 0 Å². The molecule has 108 valence electrons. The highest BCUT2D eigenvalue weighted by Gasteiger charge is 2.44. The molecule has 1 aromatic carbocycles. The second-order valence-electron chi connectivity index (χ2n) is 5.00. The standard InChI is InChI=1S/C13H15FN2O4/c1-2-13(12(17)18)5-6-15(8-13)11-7-9(14)3-4-10(11)16(19)20/h3-4,7H,2,5-6,8H2,1H3,(H,17,18). The van der Waals surface area contributed by atoms with Gasteiger partial charge in [0, 0.05) is 25.2 Å². The second-order valence-corrected chi connectivity index (χ2v) is 5.00. The Kier molecular flexibility index (Phi) is 3.61. The number of hydrogen-bond acceptors (Lipinski definition) is 4. The third-order valence-corrected chi connectivity index (χ3v) is 3.96. The maximum atomic E-state index is 13.3. The van der Waals surface area contributed by atoms with Crippen LogP contribution < -0.4 is 4.90 Å². The SMILES string of the molecule is CCC1(C(=O)O)CCN(c2cc(F)ccc2[N+](=O)[O-])C1. The van der Waals surface area contributed by atoms with E-state index in [1.165, 1.54) is 0 Å². The molecule has 0 spiro atoms. The van der Waals surface area contributed by atoms with Gasteiger partial charge in [0.05, 0.1) is 10.3 Å². The van der Waals surface area contributed by atoms with Gasteiger partial charge in [0.25, 0.3) is 5.69 Å². The van der Waals surface area contributed by atoms with Crippen molar-refractivity contribution in [2.45, 2.75) is 19.8 Å². The highest BCUT2D eigenvalue weighted by Crippen LogP contribution is 2.39. The molecule has 7 heteroatoms. The zero-order valence-electron chi connectivity index (χ0n) is 11.0. The first-order valence-corrected chi connectivity index (χ1v) is 6.32. The fourth-order valence-corrected chi connectivity index (χ4v) is 2.60. The quantitative estimate of drug-likeness (QED) is 0.677. The molecule has 0 bridgehead atoms. The van der Waals surface area contributed by atoms with Gasteiger partial charge in [-0.2, -0.15) is 0 Å². The molecule has 1 saturated heterocycles. The number of carbonyl (C=O) groups is 1. The van der Waals surface area contributed by atoms with Gasteiger partial charge in [-0.1, -0.05) is 6.92 Å². The Balaban J connectivity index is 2.37. The van der Waals surface area contributed by atoms with E-state index in [2.05, 4.69) is 0 Å². The van der Waals surface area contributed by atoms with Crippen LogP contribution >= 0.6 is 0 Å². The topological polar surface area (TPSA) is 83.7 Å². The summed E-state index contributed by atoms with van der Waals surface area (Å²) in [5, 5.41) is 20.3. The number of rotatable bonds is 4. The van der Waals surface area contributed by atoms with Crippen LogP contribution in [0.2, 0.25) is 0 Å². The Bertz CT molecular complexity index is 563. The van der Waals surface area contributed by atoms with Crippen molar-refractivity contribution in [1.29, 1.82) is 0 Å². The maximum absolute atomic E-state index is 13.3. The van der Waals surface area contributed by atoms with Crippen LogP contribution in [0.5, 0.6) is 0 Å². The molecule has 20 heavy (non-hydrogen) atoms. The van der Waals surface area contributed by atoms with Crippen molar-refractivity contribution in [2.24, 2.45) is 5.41 Å². The molecule has 1 aliphatic rings. The largest absolute Gasteiger partial charge is 0.481 e. The average Bonchev–Trinajstić information content (AvgIpc) is 2.83. The molecule has 0 saturated carbocycles. The summed E-state index contributed by atoms with van der Waals surface area (Å²) in [5.74, 6) is -1.49. The van der Waals surface area contributed by atoms with Crippen molar-refractivity contribution in [1.82, 2.24) is 0 Å². The number of nitro benzene ring substituents is 1. The molecule has 1 heterocycles. The zero-order valence-corrected chi connectivity index (χ0v) is 11.0. The summed E-state index contributed by atoms with van der Waals surface area (Å²) in [4.78, 5) is 23.4. The van der Waals surface area contributed by atoms with E-state index in [-0.39, 0.29) is 17.9 Å². The number of carboxylic acids is 1. The number of anilines is 1. The number of benzene rings is 1. The summed E-state index contributed by atoms with van der Waals surface area (Å²) in [6, 6.07) is 3.23. The first-order valence-electron chi connectivity index (χ1n) is 6.32. The fraction of sp³-hybridized carbons (Fsp3) is 0.462. The van der Waals surface area contributed by atoms with Crippen LogP contribution in [0.4, 0.5) is 15.8 Å². The average molecular weight is 282 g/mol. The second kappa shape index (κ2) is 5.07. The van der Waals surface area contributed by atoms with Crippen LogP contribution in [0.15, 0.2) is 18.2 Å². The lowest BCUT2D eigenvalue weighted by Crippen LogP contribution is -2.34. The van der Waals surface area contributed by atoms with E-state index < -0.39 is 22.1 Å². The molecular weight excluding hydrogens is 267 g/mol. The lowest BCUT2D eigenvalue weighted by Gasteiger charge is -2.24. The maximum Gasteiger partial charge on any atom is 0.311 e. The van der Waals surface area contributed by atoms with Crippen LogP contribution in [-0.2, 0) is 4.79 Å². The molecule has 0 aliphatic carbocycles. The molecule has 6 nitrogen and oxygen atoms in total. The Morgan fingerprint density at radius 1 is 1.60 bits per heavy atom. The van der Waals surface area contributed by atoms with Crippen molar-refractivity contribution < 1.29 is 19.2 Å². The molecule has 1 fully saturated rings. The van der Waals surface area contributed by atoms with Crippen molar-refractivity contribution >= 4 is 17.3 Å². The summed E-state index contributed by atoms with van der Waals surface area (Å²) in [7, 11) is 0. The predicted octanol–water partition coefficient (Wildman–Crippen LogP) is 2.43. The van der Waals surface area contributed by atoms with Gasteiger partial charge in [0.15, 0.2) is 0 Å². The van der Waals surface area contributed by atoms with E-state index >= 15 is 0 Å². The van der Waals surface area contributed by atoms with Crippen molar-refractivity contribution in [3.8, 4) is 0 Å². The Morgan fingerprint density at radius 2 is 2.30 bits per heavy atom. The number of carboxylic acid groups (broad SMARTS) is 1. The van der Waals surface area contributed by atoms with E-state index in [1.807, 2.05) is 0 Å². The van der Waals surface area contributed by atoms with Crippen molar-refractivity contribution in [3.05, 3.63) is 34.1 Å². The molecule has 0 aromatic heterocycles. The van der Waals surface area contributed by atoms with Gasteiger partial charge in [-0.05, 0) is 18.9 Å². The highest BCUT2D eigenvalue weighted by molar-refractivity contribution is 5.77. The molecule has 1 aromatic rings. The first-order chi connectivity index (χ1) is 9.39.